The average Bonchev–Trinajstić information content (AvgIpc) is 2.97. The van der Waals surface area contributed by atoms with Crippen LogP contribution in [0.4, 0.5) is 0 Å². The number of ether oxygens (including phenoxy) is 2. The zero-order valence-electron chi connectivity index (χ0n) is 15.6. The fourth-order valence-corrected chi connectivity index (χ4v) is 3.88. The van der Waals surface area contributed by atoms with Crippen LogP contribution < -0.4 is 0 Å². The monoisotopic (exact) mass is 349 g/mol. The predicted molar refractivity (Wildman–Crippen MR) is 96.3 cm³/mol. The van der Waals surface area contributed by atoms with Crippen molar-refractivity contribution in [2.24, 2.45) is 7.05 Å². The van der Waals surface area contributed by atoms with Gasteiger partial charge in [0.25, 0.3) is 0 Å². The van der Waals surface area contributed by atoms with Crippen LogP contribution in [0.5, 0.6) is 0 Å². The van der Waals surface area contributed by atoms with Crippen LogP contribution in [0.3, 0.4) is 0 Å². The van der Waals surface area contributed by atoms with E-state index >= 15 is 0 Å². The second-order valence-corrected chi connectivity index (χ2v) is 7.01. The van der Waals surface area contributed by atoms with E-state index in [0.29, 0.717) is 26.4 Å². The van der Waals surface area contributed by atoms with Crippen molar-refractivity contribution >= 4 is 5.97 Å². The number of rotatable bonds is 6. The van der Waals surface area contributed by atoms with E-state index < -0.39 is 0 Å². The fraction of sp³-hybridized carbons (Fsp3) is 0.737. The molecule has 2 fully saturated rings. The maximum Gasteiger partial charge on any atom is 0.320 e. The van der Waals surface area contributed by atoms with Crippen LogP contribution >= 0.6 is 0 Å². The Morgan fingerprint density at radius 3 is 2.80 bits per heavy atom. The lowest BCUT2D eigenvalue weighted by molar-refractivity contribution is -0.147. The number of hydrogen-bond donors (Lipinski definition) is 0. The SMILES string of the molecule is CCOC(=O)CN1CCOCC1c1ccc(CN2CCCCC2)n1C. The van der Waals surface area contributed by atoms with Crippen LogP contribution in [0.2, 0.25) is 0 Å². The quantitative estimate of drug-likeness (QED) is 0.735. The van der Waals surface area contributed by atoms with E-state index in [1.54, 1.807) is 0 Å². The lowest BCUT2D eigenvalue weighted by atomic mass is 10.1. The van der Waals surface area contributed by atoms with Crippen molar-refractivity contribution in [1.82, 2.24) is 14.4 Å². The van der Waals surface area contributed by atoms with Crippen LogP contribution in [0.25, 0.3) is 0 Å². The van der Waals surface area contributed by atoms with Crippen LogP contribution in [-0.2, 0) is 27.9 Å². The van der Waals surface area contributed by atoms with E-state index in [-0.39, 0.29) is 12.0 Å². The molecule has 0 aromatic carbocycles. The minimum Gasteiger partial charge on any atom is -0.465 e. The van der Waals surface area contributed by atoms with Gasteiger partial charge in [0, 0.05) is 31.5 Å². The number of carbonyl (C=O) groups excluding carboxylic acids is 1. The first kappa shape index (κ1) is 18.4. The van der Waals surface area contributed by atoms with Gasteiger partial charge in [-0.15, -0.1) is 0 Å². The zero-order valence-corrected chi connectivity index (χ0v) is 15.6. The summed E-state index contributed by atoms with van der Waals surface area (Å²) in [5.74, 6) is -0.155. The smallest absolute Gasteiger partial charge is 0.320 e. The lowest BCUT2D eigenvalue weighted by Gasteiger charge is -2.35. The molecule has 0 spiro atoms. The summed E-state index contributed by atoms with van der Waals surface area (Å²) in [6.07, 6.45) is 3.97. The Labute approximate surface area is 150 Å². The summed E-state index contributed by atoms with van der Waals surface area (Å²) < 4.78 is 13.1. The number of aromatic nitrogens is 1. The zero-order chi connectivity index (χ0) is 17.6. The number of carbonyl (C=O) groups is 1. The number of piperidine rings is 1. The highest BCUT2D eigenvalue weighted by Gasteiger charge is 2.29. The van der Waals surface area contributed by atoms with E-state index in [1.807, 2.05) is 6.92 Å². The summed E-state index contributed by atoms with van der Waals surface area (Å²) in [4.78, 5) is 16.6. The van der Waals surface area contributed by atoms with Gasteiger partial charge in [0.1, 0.15) is 0 Å². The van der Waals surface area contributed by atoms with Crippen molar-refractivity contribution in [3.8, 4) is 0 Å². The summed E-state index contributed by atoms with van der Waals surface area (Å²) in [6, 6.07) is 4.52. The van der Waals surface area contributed by atoms with Gasteiger partial charge in [-0.2, -0.15) is 0 Å². The molecule has 1 aromatic rings. The van der Waals surface area contributed by atoms with Crippen molar-refractivity contribution in [2.45, 2.75) is 38.8 Å². The van der Waals surface area contributed by atoms with Gasteiger partial charge < -0.3 is 14.0 Å². The number of likely N-dealkylation sites (tertiary alicyclic amines) is 1. The maximum atomic E-state index is 11.9. The number of hydrogen-bond acceptors (Lipinski definition) is 5. The van der Waals surface area contributed by atoms with Gasteiger partial charge in [-0.05, 0) is 45.0 Å². The highest BCUT2D eigenvalue weighted by molar-refractivity contribution is 5.71. The third-order valence-corrected chi connectivity index (χ3v) is 5.32. The van der Waals surface area contributed by atoms with E-state index in [4.69, 9.17) is 9.47 Å². The van der Waals surface area contributed by atoms with Gasteiger partial charge in [0.05, 0.1) is 32.4 Å². The molecule has 140 valence electrons. The molecule has 0 N–H and O–H groups in total. The molecule has 0 aliphatic carbocycles. The van der Waals surface area contributed by atoms with Crippen molar-refractivity contribution in [2.75, 3.05) is 46.0 Å². The Bertz CT molecular complexity index is 566. The molecule has 0 bridgehead atoms. The first-order valence-electron chi connectivity index (χ1n) is 9.53. The molecule has 1 atom stereocenters. The number of morpholine rings is 1. The van der Waals surface area contributed by atoms with Crippen LogP contribution in [0.1, 0.15) is 43.6 Å². The highest BCUT2D eigenvalue weighted by Crippen LogP contribution is 2.26. The fourth-order valence-electron chi connectivity index (χ4n) is 3.88. The van der Waals surface area contributed by atoms with Crippen LogP contribution in [-0.4, -0.2) is 66.3 Å². The Balaban J connectivity index is 1.69. The van der Waals surface area contributed by atoms with Crippen molar-refractivity contribution in [1.29, 1.82) is 0 Å². The Morgan fingerprint density at radius 1 is 1.24 bits per heavy atom. The van der Waals surface area contributed by atoms with Crippen molar-refractivity contribution in [3.05, 3.63) is 23.5 Å². The van der Waals surface area contributed by atoms with Gasteiger partial charge >= 0.3 is 5.97 Å². The second kappa shape index (κ2) is 8.83. The lowest BCUT2D eigenvalue weighted by Crippen LogP contribution is -2.43. The van der Waals surface area contributed by atoms with Crippen molar-refractivity contribution in [3.63, 3.8) is 0 Å². The van der Waals surface area contributed by atoms with Crippen LogP contribution in [0, 0.1) is 0 Å². The molecule has 6 nitrogen and oxygen atoms in total. The standard InChI is InChI=1S/C19H31N3O3/c1-3-25-19(23)14-22-11-12-24-15-18(22)17-8-7-16(20(17)2)13-21-9-5-4-6-10-21/h7-8,18H,3-6,9-15H2,1-2H3. The third-order valence-electron chi connectivity index (χ3n) is 5.32. The highest BCUT2D eigenvalue weighted by atomic mass is 16.5. The van der Waals surface area contributed by atoms with Gasteiger partial charge in [0.15, 0.2) is 0 Å². The largest absolute Gasteiger partial charge is 0.465 e. The molecule has 2 aliphatic heterocycles. The topological polar surface area (TPSA) is 46.9 Å². The number of nitrogens with zero attached hydrogens (tertiary/aromatic N) is 3. The molecule has 2 saturated heterocycles. The molecule has 6 heteroatoms. The summed E-state index contributed by atoms with van der Waals surface area (Å²) in [5.41, 5.74) is 2.55. The number of esters is 1. The van der Waals surface area contributed by atoms with Crippen LogP contribution in [0.15, 0.2) is 12.1 Å². The average molecular weight is 349 g/mol. The molecular formula is C19H31N3O3. The normalized spacial score (nSPS) is 22.9. The third kappa shape index (κ3) is 4.63. The Morgan fingerprint density at radius 2 is 2.04 bits per heavy atom. The molecule has 1 aromatic heterocycles. The Hall–Kier alpha value is -1.37. The molecule has 0 radical (unpaired) electrons. The summed E-state index contributed by atoms with van der Waals surface area (Å²) in [5, 5.41) is 0. The molecular weight excluding hydrogens is 318 g/mol. The maximum absolute atomic E-state index is 11.9. The predicted octanol–water partition coefficient (Wildman–Crippen LogP) is 1.95. The minimum absolute atomic E-state index is 0.110. The van der Waals surface area contributed by atoms with Gasteiger partial charge in [-0.1, -0.05) is 6.42 Å². The van der Waals surface area contributed by atoms with E-state index in [2.05, 4.69) is 33.5 Å². The summed E-state index contributed by atoms with van der Waals surface area (Å²) in [7, 11) is 2.13. The van der Waals surface area contributed by atoms with E-state index in [1.165, 1.54) is 43.7 Å². The first-order chi connectivity index (χ1) is 12.2. The Kier molecular flexibility index (Phi) is 6.51. The van der Waals surface area contributed by atoms with Crippen molar-refractivity contribution < 1.29 is 14.3 Å². The first-order valence-corrected chi connectivity index (χ1v) is 9.53. The van der Waals surface area contributed by atoms with Gasteiger partial charge in [0.2, 0.25) is 0 Å². The van der Waals surface area contributed by atoms with Gasteiger partial charge in [-0.3, -0.25) is 14.6 Å². The molecule has 0 saturated carbocycles. The molecule has 1 unspecified atom stereocenters. The molecule has 2 aliphatic rings. The second-order valence-electron chi connectivity index (χ2n) is 7.01. The van der Waals surface area contributed by atoms with E-state index in [9.17, 15) is 4.79 Å². The minimum atomic E-state index is -0.155. The summed E-state index contributed by atoms with van der Waals surface area (Å²) in [6.45, 7) is 8.05. The summed E-state index contributed by atoms with van der Waals surface area (Å²) >= 11 is 0. The molecule has 25 heavy (non-hydrogen) atoms. The molecule has 0 amide bonds. The molecule has 3 heterocycles. The molecule has 3 rings (SSSR count). The van der Waals surface area contributed by atoms with Gasteiger partial charge in [-0.25, -0.2) is 0 Å². The van der Waals surface area contributed by atoms with E-state index in [0.717, 1.165) is 13.1 Å².